The molecule has 0 aliphatic carbocycles. The summed E-state index contributed by atoms with van der Waals surface area (Å²) in [5, 5.41) is 18.6. The van der Waals surface area contributed by atoms with Gasteiger partial charge in [-0.05, 0) is 38.0 Å². The summed E-state index contributed by atoms with van der Waals surface area (Å²) >= 11 is 0. The number of nitrogen functional groups attached to an aromatic ring is 1. The molecule has 1 aromatic heterocycles. The van der Waals surface area contributed by atoms with Crippen molar-refractivity contribution in [2.24, 2.45) is 0 Å². The van der Waals surface area contributed by atoms with Gasteiger partial charge in [-0.3, -0.25) is 0 Å². The third-order valence-corrected chi connectivity index (χ3v) is 2.97. The summed E-state index contributed by atoms with van der Waals surface area (Å²) in [5.74, 6) is 0.647. The highest BCUT2D eigenvalue weighted by molar-refractivity contribution is 5.79. The molecule has 0 aliphatic heterocycles. The second-order valence-corrected chi connectivity index (χ2v) is 4.48. The SMILES string of the molecule is CC(O)c1nc2cc(N)ccc2n1CCCCO. The summed E-state index contributed by atoms with van der Waals surface area (Å²) in [7, 11) is 0. The van der Waals surface area contributed by atoms with E-state index in [0.29, 0.717) is 11.5 Å². The third kappa shape index (κ3) is 2.47. The molecule has 1 aromatic carbocycles. The smallest absolute Gasteiger partial charge is 0.138 e. The van der Waals surface area contributed by atoms with Crippen LogP contribution in [0.4, 0.5) is 5.69 Å². The molecule has 2 aromatic rings. The molecule has 5 heteroatoms. The van der Waals surface area contributed by atoms with Crippen LogP contribution in [0.2, 0.25) is 0 Å². The summed E-state index contributed by atoms with van der Waals surface area (Å²) in [5.41, 5.74) is 8.17. The van der Waals surface area contributed by atoms with Crippen LogP contribution in [-0.4, -0.2) is 26.4 Å². The van der Waals surface area contributed by atoms with Crippen LogP contribution in [0.25, 0.3) is 11.0 Å². The lowest BCUT2D eigenvalue weighted by Crippen LogP contribution is -2.07. The molecule has 2 rings (SSSR count). The van der Waals surface area contributed by atoms with E-state index in [2.05, 4.69) is 4.98 Å². The first-order valence-corrected chi connectivity index (χ1v) is 6.18. The largest absolute Gasteiger partial charge is 0.399 e. The Morgan fingerprint density at radius 1 is 1.39 bits per heavy atom. The zero-order valence-electron chi connectivity index (χ0n) is 10.5. The molecule has 98 valence electrons. The molecular formula is C13H19N3O2. The molecule has 0 saturated heterocycles. The number of aliphatic hydroxyl groups is 2. The molecule has 1 atom stereocenters. The molecule has 1 unspecified atom stereocenters. The van der Waals surface area contributed by atoms with Gasteiger partial charge in [-0.15, -0.1) is 0 Å². The molecule has 0 radical (unpaired) electrons. The van der Waals surface area contributed by atoms with Crippen molar-refractivity contribution in [3.8, 4) is 0 Å². The van der Waals surface area contributed by atoms with Gasteiger partial charge in [0.15, 0.2) is 0 Å². The maximum atomic E-state index is 9.77. The number of imidazole rings is 1. The third-order valence-electron chi connectivity index (χ3n) is 2.97. The molecule has 0 amide bonds. The zero-order valence-corrected chi connectivity index (χ0v) is 10.5. The number of unbranched alkanes of at least 4 members (excludes halogenated alkanes) is 1. The van der Waals surface area contributed by atoms with E-state index in [4.69, 9.17) is 10.8 Å². The number of nitrogens with two attached hydrogens (primary N) is 1. The summed E-state index contributed by atoms with van der Waals surface area (Å²) in [4.78, 5) is 4.42. The fourth-order valence-electron chi connectivity index (χ4n) is 2.10. The van der Waals surface area contributed by atoms with E-state index < -0.39 is 6.10 Å². The number of aromatic nitrogens is 2. The van der Waals surface area contributed by atoms with Crippen molar-refractivity contribution in [1.82, 2.24) is 9.55 Å². The van der Waals surface area contributed by atoms with Crippen molar-refractivity contribution in [3.05, 3.63) is 24.0 Å². The van der Waals surface area contributed by atoms with Crippen LogP contribution in [0, 0.1) is 0 Å². The van der Waals surface area contributed by atoms with Gasteiger partial charge in [0.05, 0.1) is 11.0 Å². The Hall–Kier alpha value is -1.59. The van der Waals surface area contributed by atoms with Crippen LogP contribution in [0.3, 0.4) is 0 Å². The van der Waals surface area contributed by atoms with Gasteiger partial charge in [0.1, 0.15) is 11.9 Å². The number of hydrogen-bond donors (Lipinski definition) is 3. The monoisotopic (exact) mass is 249 g/mol. The molecular weight excluding hydrogens is 230 g/mol. The lowest BCUT2D eigenvalue weighted by molar-refractivity contribution is 0.183. The van der Waals surface area contributed by atoms with E-state index in [1.807, 2.05) is 22.8 Å². The van der Waals surface area contributed by atoms with Gasteiger partial charge in [-0.1, -0.05) is 0 Å². The molecule has 5 nitrogen and oxygen atoms in total. The fraction of sp³-hybridized carbons (Fsp3) is 0.462. The van der Waals surface area contributed by atoms with Gasteiger partial charge in [0.25, 0.3) is 0 Å². The average Bonchev–Trinajstić information content (AvgIpc) is 2.68. The minimum atomic E-state index is -0.618. The molecule has 18 heavy (non-hydrogen) atoms. The summed E-state index contributed by atoms with van der Waals surface area (Å²) in [6.07, 6.45) is 0.979. The Kier molecular flexibility index (Phi) is 3.84. The van der Waals surface area contributed by atoms with Crippen molar-refractivity contribution in [2.75, 3.05) is 12.3 Å². The van der Waals surface area contributed by atoms with E-state index in [1.54, 1.807) is 6.92 Å². The normalized spacial score (nSPS) is 13.1. The Morgan fingerprint density at radius 3 is 2.83 bits per heavy atom. The Bertz CT molecular complexity index is 534. The van der Waals surface area contributed by atoms with Crippen molar-refractivity contribution >= 4 is 16.7 Å². The van der Waals surface area contributed by atoms with Crippen LogP contribution in [-0.2, 0) is 6.54 Å². The van der Waals surface area contributed by atoms with Crippen LogP contribution in [0.15, 0.2) is 18.2 Å². The van der Waals surface area contributed by atoms with Gasteiger partial charge >= 0.3 is 0 Å². The van der Waals surface area contributed by atoms with E-state index in [-0.39, 0.29) is 6.61 Å². The topological polar surface area (TPSA) is 84.3 Å². The Balaban J connectivity index is 2.42. The van der Waals surface area contributed by atoms with Gasteiger partial charge < -0.3 is 20.5 Å². The lowest BCUT2D eigenvalue weighted by atomic mass is 10.2. The first-order valence-electron chi connectivity index (χ1n) is 6.18. The molecule has 4 N–H and O–H groups in total. The number of aliphatic hydroxyl groups excluding tert-OH is 2. The van der Waals surface area contributed by atoms with E-state index in [0.717, 1.165) is 30.4 Å². The molecule has 0 bridgehead atoms. The molecule has 0 spiro atoms. The lowest BCUT2D eigenvalue weighted by Gasteiger charge is -2.10. The quantitative estimate of drug-likeness (QED) is 0.553. The maximum Gasteiger partial charge on any atom is 0.138 e. The number of benzene rings is 1. The second-order valence-electron chi connectivity index (χ2n) is 4.48. The Morgan fingerprint density at radius 2 is 2.17 bits per heavy atom. The summed E-state index contributed by atoms with van der Waals surface area (Å²) in [6.45, 7) is 2.62. The van der Waals surface area contributed by atoms with Crippen LogP contribution < -0.4 is 5.73 Å². The molecule has 0 aliphatic rings. The van der Waals surface area contributed by atoms with Crippen molar-refractivity contribution < 1.29 is 10.2 Å². The first-order chi connectivity index (χ1) is 8.63. The second kappa shape index (κ2) is 5.37. The number of hydrogen-bond acceptors (Lipinski definition) is 4. The first kappa shape index (κ1) is 12.9. The van der Waals surface area contributed by atoms with Crippen LogP contribution >= 0.6 is 0 Å². The van der Waals surface area contributed by atoms with Gasteiger partial charge in [0.2, 0.25) is 0 Å². The van der Waals surface area contributed by atoms with Crippen molar-refractivity contribution in [1.29, 1.82) is 0 Å². The number of rotatable bonds is 5. The Labute approximate surface area is 106 Å². The predicted molar refractivity (Wildman–Crippen MR) is 71.1 cm³/mol. The minimum absolute atomic E-state index is 0.184. The average molecular weight is 249 g/mol. The van der Waals surface area contributed by atoms with E-state index >= 15 is 0 Å². The summed E-state index contributed by atoms with van der Waals surface area (Å²) < 4.78 is 2.00. The number of aryl methyl sites for hydroxylation is 1. The van der Waals surface area contributed by atoms with Gasteiger partial charge in [-0.25, -0.2) is 4.98 Å². The minimum Gasteiger partial charge on any atom is -0.399 e. The number of anilines is 1. The standard InChI is InChI=1S/C13H19N3O2/c1-9(18)13-15-11-8-10(14)4-5-12(11)16(13)6-2-3-7-17/h4-5,8-9,17-18H,2-3,6-7,14H2,1H3. The van der Waals surface area contributed by atoms with Crippen molar-refractivity contribution in [2.45, 2.75) is 32.4 Å². The highest BCUT2D eigenvalue weighted by Crippen LogP contribution is 2.23. The van der Waals surface area contributed by atoms with E-state index in [9.17, 15) is 5.11 Å². The van der Waals surface area contributed by atoms with E-state index in [1.165, 1.54) is 0 Å². The highest BCUT2D eigenvalue weighted by Gasteiger charge is 2.14. The molecule has 0 fully saturated rings. The molecule has 1 heterocycles. The summed E-state index contributed by atoms with van der Waals surface area (Å²) in [6, 6.07) is 5.56. The zero-order chi connectivity index (χ0) is 13.1. The van der Waals surface area contributed by atoms with Crippen LogP contribution in [0.1, 0.15) is 31.7 Å². The number of nitrogens with zero attached hydrogens (tertiary/aromatic N) is 2. The van der Waals surface area contributed by atoms with Gasteiger partial charge in [0, 0.05) is 18.8 Å². The van der Waals surface area contributed by atoms with Crippen LogP contribution in [0.5, 0.6) is 0 Å². The fourth-order valence-corrected chi connectivity index (χ4v) is 2.10. The van der Waals surface area contributed by atoms with Gasteiger partial charge in [-0.2, -0.15) is 0 Å². The molecule has 0 saturated carbocycles. The van der Waals surface area contributed by atoms with Crippen molar-refractivity contribution in [3.63, 3.8) is 0 Å². The highest BCUT2D eigenvalue weighted by atomic mass is 16.3. The predicted octanol–water partition coefficient (Wildman–Crippen LogP) is 1.44. The number of fused-ring (bicyclic) bond motifs is 1. The maximum absolute atomic E-state index is 9.77.